The van der Waals surface area contributed by atoms with Gasteiger partial charge >= 0.3 is 5.97 Å². The van der Waals surface area contributed by atoms with Crippen LogP contribution in [0.4, 0.5) is 0 Å². The number of amides is 1. The van der Waals surface area contributed by atoms with Crippen LogP contribution in [-0.2, 0) is 24.2 Å². The van der Waals surface area contributed by atoms with Crippen molar-refractivity contribution < 1.29 is 32.2 Å². The maximum Gasteiger partial charge on any atom is 0.331 e. The van der Waals surface area contributed by atoms with Crippen molar-refractivity contribution in [2.75, 3.05) is 31.8 Å². The molecule has 1 aliphatic carbocycles. The Kier molecular flexibility index (Phi) is 8.17. The fourth-order valence-corrected chi connectivity index (χ4v) is 6.08. The first-order chi connectivity index (χ1) is 15.3. The number of esters is 1. The van der Waals surface area contributed by atoms with Crippen LogP contribution >= 0.6 is 0 Å². The summed E-state index contributed by atoms with van der Waals surface area (Å²) in [7, 11) is -1.58. The van der Waals surface area contributed by atoms with Crippen molar-refractivity contribution in [3.63, 3.8) is 0 Å². The van der Waals surface area contributed by atoms with E-state index in [0.717, 1.165) is 31.2 Å². The van der Waals surface area contributed by atoms with Crippen LogP contribution in [0.3, 0.4) is 0 Å². The number of hydrogen-bond donors (Lipinski definition) is 0. The van der Waals surface area contributed by atoms with E-state index in [2.05, 4.69) is 0 Å². The number of nitrogens with zero attached hydrogens (tertiary/aromatic N) is 1. The van der Waals surface area contributed by atoms with Crippen LogP contribution in [0.1, 0.15) is 44.6 Å². The highest BCUT2D eigenvalue weighted by molar-refractivity contribution is 7.91. The van der Waals surface area contributed by atoms with Gasteiger partial charge in [0.05, 0.1) is 25.2 Å². The van der Waals surface area contributed by atoms with Crippen LogP contribution in [0.5, 0.6) is 11.5 Å². The van der Waals surface area contributed by atoms with E-state index in [1.807, 2.05) is 6.92 Å². The van der Waals surface area contributed by atoms with Crippen LogP contribution < -0.4 is 9.47 Å². The van der Waals surface area contributed by atoms with Gasteiger partial charge < -0.3 is 19.1 Å². The topological polar surface area (TPSA) is 99.2 Å². The largest absolute Gasteiger partial charge is 0.493 e. The van der Waals surface area contributed by atoms with Crippen molar-refractivity contribution in [1.82, 2.24) is 4.90 Å². The van der Waals surface area contributed by atoms with Crippen LogP contribution in [0.15, 0.2) is 24.3 Å². The molecule has 1 heterocycles. The van der Waals surface area contributed by atoms with E-state index in [1.165, 1.54) is 13.2 Å². The molecule has 0 bridgehead atoms. The normalized spacial score (nSPS) is 20.4. The third-order valence-electron chi connectivity index (χ3n) is 5.85. The summed E-state index contributed by atoms with van der Waals surface area (Å²) in [5, 5.41) is 0. The Bertz CT molecular complexity index is 951. The number of hydrogen-bond acceptors (Lipinski definition) is 7. The summed E-state index contributed by atoms with van der Waals surface area (Å²) in [6.07, 6.45) is 7.01. The molecule has 2 aliphatic rings. The molecular weight excluding hydrogens is 434 g/mol. The lowest BCUT2D eigenvalue weighted by molar-refractivity contribution is -0.150. The molecule has 0 aromatic heterocycles. The maximum atomic E-state index is 12.9. The van der Waals surface area contributed by atoms with E-state index >= 15 is 0 Å². The summed E-state index contributed by atoms with van der Waals surface area (Å²) >= 11 is 0. The molecule has 176 valence electrons. The minimum absolute atomic E-state index is 0.0112. The quantitative estimate of drug-likeness (QED) is 0.408. The van der Waals surface area contributed by atoms with Crippen molar-refractivity contribution in [1.29, 1.82) is 0 Å². The average Bonchev–Trinajstić information content (AvgIpc) is 3.41. The molecule has 1 saturated carbocycles. The predicted octanol–water partition coefficient (Wildman–Crippen LogP) is 2.61. The summed E-state index contributed by atoms with van der Waals surface area (Å²) in [6.45, 7) is 1.99. The van der Waals surface area contributed by atoms with E-state index in [9.17, 15) is 18.0 Å². The highest BCUT2D eigenvalue weighted by Gasteiger charge is 2.39. The minimum Gasteiger partial charge on any atom is -0.493 e. The fourth-order valence-electron chi connectivity index (χ4n) is 4.36. The first-order valence-electron chi connectivity index (χ1n) is 11.0. The zero-order valence-corrected chi connectivity index (χ0v) is 19.4. The van der Waals surface area contributed by atoms with Crippen molar-refractivity contribution in [2.24, 2.45) is 0 Å². The average molecular weight is 466 g/mol. The highest BCUT2D eigenvalue weighted by Crippen LogP contribution is 2.30. The van der Waals surface area contributed by atoms with E-state index in [-0.39, 0.29) is 29.5 Å². The number of ether oxygens (including phenoxy) is 3. The monoisotopic (exact) mass is 465 g/mol. The summed E-state index contributed by atoms with van der Waals surface area (Å²) in [4.78, 5) is 26.7. The van der Waals surface area contributed by atoms with Gasteiger partial charge in [0.1, 0.15) is 0 Å². The van der Waals surface area contributed by atoms with Crippen molar-refractivity contribution in [3.8, 4) is 11.5 Å². The van der Waals surface area contributed by atoms with E-state index in [4.69, 9.17) is 14.2 Å². The van der Waals surface area contributed by atoms with Crippen molar-refractivity contribution in [3.05, 3.63) is 29.8 Å². The molecule has 1 atom stereocenters. The molecule has 32 heavy (non-hydrogen) atoms. The van der Waals surface area contributed by atoms with Gasteiger partial charge in [-0.3, -0.25) is 4.79 Å². The van der Waals surface area contributed by atoms with Gasteiger partial charge in [-0.2, -0.15) is 0 Å². The molecule has 3 rings (SSSR count). The second-order valence-electron chi connectivity index (χ2n) is 8.08. The maximum absolute atomic E-state index is 12.9. The summed E-state index contributed by atoms with van der Waals surface area (Å²) in [5.74, 6) is 0.280. The van der Waals surface area contributed by atoms with E-state index in [0.29, 0.717) is 24.5 Å². The minimum atomic E-state index is -3.12. The lowest BCUT2D eigenvalue weighted by Crippen LogP contribution is -2.48. The van der Waals surface area contributed by atoms with Gasteiger partial charge in [-0.25, -0.2) is 13.2 Å². The van der Waals surface area contributed by atoms with Crippen molar-refractivity contribution in [2.45, 2.75) is 51.1 Å². The zero-order chi connectivity index (χ0) is 23.1. The third kappa shape index (κ3) is 6.25. The van der Waals surface area contributed by atoms with Gasteiger partial charge in [-0.15, -0.1) is 0 Å². The Morgan fingerprint density at radius 1 is 1.12 bits per heavy atom. The van der Waals surface area contributed by atoms with Crippen LogP contribution in [-0.4, -0.2) is 69.1 Å². The van der Waals surface area contributed by atoms with Gasteiger partial charge in [0.2, 0.25) is 0 Å². The van der Waals surface area contributed by atoms with E-state index < -0.39 is 22.4 Å². The third-order valence-corrected chi connectivity index (χ3v) is 7.60. The van der Waals surface area contributed by atoms with Gasteiger partial charge in [0.25, 0.3) is 5.91 Å². The number of carbonyl (C=O) groups excluding carboxylic acids is 2. The van der Waals surface area contributed by atoms with Crippen LogP contribution in [0, 0.1) is 0 Å². The molecule has 1 unspecified atom stereocenters. The number of sulfone groups is 1. The lowest BCUT2D eigenvalue weighted by Gasteiger charge is -2.33. The Balaban J connectivity index is 1.59. The Hall–Kier alpha value is -2.55. The predicted molar refractivity (Wildman–Crippen MR) is 120 cm³/mol. The zero-order valence-electron chi connectivity index (χ0n) is 18.6. The Morgan fingerprint density at radius 2 is 1.88 bits per heavy atom. The Morgan fingerprint density at radius 3 is 2.50 bits per heavy atom. The second kappa shape index (κ2) is 10.8. The van der Waals surface area contributed by atoms with E-state index in [1.54, 1.807) is 29.2 Å². The number of carbonyl (C=O) groups is 2. The fraction of sp³-hybridized carbons (Fsp3) is 0.565. The number of benzene rings is 1. The van der Waals surface area contributed by atoms with Crippen LogP contribution in [0.2, 0.25) is 0 Å². The molecule has 1 saturated heterocycles. The SMILES string of the molecule is CCOc1ccc(/C=C/C(=O)OCC(=O)N(C2CCCC2)C2CCS(=O)(=O)C2)cc1OC. The first-order valence-corrected chi connectivity index (χ1v) is 12.8. The molecule has 8 nitrogen and oxygen atoms in total. The van der Waals surface area contributed by atoms with Gasteiger partial charge in [0, 0.05) is 18.2 Å². The molecule has 0 N–H and O–H groups in total. The summed E-state index contributed by atoms with van der Waals surface area (Å²) < 4.78 is 39.8. The first kappa shape index (κ1) is 24.1. The van der Waals surface area contributed by atoms with Crippen molar-refractivity contribution >= 4 is 27.8 Å². The summed E-state index contributed by atoms with van der Waals surface area (Å²) in [6, 6.07) is 4.96. The van der Waals surface area contributed by atoms with Gasteiger partial charge in [-0.05, 0) is 50.0 Å². The number of rotatable bonds is 9. The molecular formula is C23H31NO7S. The molecule has 9 heteroatoms. The summed E-state index contributed by atoms with van der Waals surface area (Å²) in [5.41, 5.74) is 0.720. The molecule has 0 spiro atoms. The highest BCUT2D eigenvalue weighted by atomic mass is 32.2. The van der Waals surface area contributed by atoms with Gasteiger partial charge in [-0.1, -0.05) is 18.9 Å². The lowest BCUT2D eigenvalue weighted by atomic mass is 10.1. The Labute approximate surface area is 189 Å². The molecule has 1 amide bonds. The number of methoxy groups -OCH3 is 1. The molecule has 2 fully saturated rings. The molecule has 1 aromatic carbocycles. The van der Waals surface area contributed by atoms with Gasteiger partial charge in [0.15, 0.2) is 27.9 Å². The second-order valence-corrected chi connectivity index (χ2v) is 10.3. The molecule has 1 aliphatic heterocycles. The standard InChI is InChI=1S/C23H31NO7S/c1-3-30-20-10-8-17(14-21(20)29-2)9-11-23(26)31-15-22(25)24(18-6-4-5-7-18)19-12-13-32(27,28)16-19/h8-11,14,18-19H,3-7,12-13,15-16H2,1-2H3/b11-9+. The van der Waals surface area contributed by atoms with Crippen LogP contribution in [0.25, 0.3) is 6.08 Å². The molecule has 1 aromatic rings. The molecule has 0 radical (unpaired) electrons. The smallest absolute Gasteiger partial charge is 0.331 e.